The fourth-order valence-corrected chi connectivity index (χ4v) is 14.7. The van der Waals surface area contributed by atoms with Crippen LogP contribution in [-0.4, -0.2) is 251 Å². The molecule has 65 heavy (non-hydrogen) atoms. The van der Waals surface area contributed by atoms with Gasteiger partial charge >= 0.3 is 0 Å². The number of carbonyl (C=O) groups excluding carboxylic acids is 4. The minimum absolute atomic E-state index is 0.000556. The van der Waals surface area contributed by atoms with Crippen LogP contribution in [0.15, 0.2) is 0 Å². The number of hydrogen-bond acceptors (Lipinski definition) is 20. The molecule has 20 heteroatoms. The third-order valence-corrected chi connectivity index (χ3v) is 17.7. The van der Waals surface area contributed by atoms with Gasteiger partial charge in [-0.25, -0.2) is 0 Å². The minimum Gasteiger partial charge on any atom is -0.391 e. The highest BCUT2D eigenvalue weighted by Gasteiger charge is 2.60. The molecule has 12 aliphatic rings. The van der Waals surface area contributed by atoms with E-state index in [0.717, 1.165) is 25.7 Å². The second-order valence-electron chi connectivity index (χ2n) is 21.4. The SMILES string of the molecule is O=C1CC2CC[C@@H](O)[C@@H]3[C@H](O)[C@H](O)C(C1)N23.O=C1CC2C[C@@H](O)[C@@H]3[C@H](O)[C@H](O)CN3C2C1.O=C1CCC2CC[C@@H](O)[C@@H]3[C@H](O)[C@H](O)C1N23.O=C1CCC2C[C@@H](O)[C@@H]3[C@H](O)[C@H](O)CN3C2C1. The van der Waals surface area contributed by atoms with Gasteiger partial charge in [0.15, 0.2) is 5.78 Å². The lowest BCUT2D eigenvalue weighted by Crippen LogP contribution is -2.59. The predicted octanol–water partition coefficient (Wildman–Crippen LogP) is -5.31. The Morgan fingerprint density at radius 1 is 0.369 bits per heavy atom. The Morgan fingerprint density at radius 2 is 0.877 bits per heavy atom. The lowest BCUT2D eigenvalue weighted by molar-refractivity contribution is -0.135. The molecule has 2 aliphatic carbocycles. The summed E-state index contributed by atoms with van der Waals surface area (Å²) in [5, 5.41) is 119. The van der Waals surface area contributed by atoms with Crippen LogP contribution in [0.2, 0.25) is 0 Å². The highest BCUT2D eigenvalue weighted by Crippen LogP contribution is 2.45. The van der Waals surface area contributed by atoms with Crippen molar-refractivity contribution in [3.05, 3.63) is 0 Å². The molecule has 10 aliphatic heterocycles. The summed E-state index contributed by atoms with van der Waals surface area (Å²) < 4.78 is 0. The number of aliphatic hydroxyl groups is 12. The normalized spacial score (nSPS) is 52.4. The van der Waals surface area contributed by atoms with Crippen molar-refractivity contribution in [2.75, 3.05) is 13.1 Å². The lowest BCUT2D eigenvalue weighted by Gasteiger charge is -2.47. The van der Waals surface area contributed by atoms with Gasteiger partial charge in [0, 0.05) is 88.2 Å². The average molecular weight is 923 g/mol. The fourth-order valence-electron chi connectivity index (χ4n) is 14.7. The molecule has 0 radical (unpaired) electrons. The Kier molecular flexibility index (Phi) is 13.9. The van der Waals surface area contributed by atoms with Gasteiger partial charge in [0.25, 0.3) is 0 Å². The molecular weight excluding hydrogens is 853 g/mol. The minimum atomic E-state index is -1.03. The van der Waals surface area contributed by atoms with Crippen LogP contribution in [0.3, 0.4) is 0 Å². The molecule has 10 saturated heterocycles. The van der Waals surface area contributed by atoms with E-state index in [1.807, 2.05) is 19.6 Å². The molecule has 0 bridgehead atoms. The van der Waals surface area contributed by atoms with Gasteiger partial charge in [0.2, 0.25) is 0 Å². The number of aliphatic hydroxyl groups excluding tert-OH is 12. The quantitative estimate of drug-likeness (QED) is 0.108. The number of hydrogen-bond donors (Lipinski definition) is 12. The average Bonchev–Trinajstić information content (AvgIpc) is 4.02. The molecule has 12 rings (SSSR count). The molecular formula is C45H70N4O16. The van der Waals surface area contributed by atoms with E-state index in [0.29, 0.717) is 89.6 Å². The molecule has 12 N–H and O–H groups in total. The highest BCUT2D eigenvalue weighted by atomic mass is 16.4. The molecule has 0 aromatic heterocycles. The second-order valence-corrected chi connectivity index (χ2v) is 21.4. The summed E-state index contributed by atoms with van der Waals surface area (Å²) in [5.41, 5.74) is 0. The van der Waals surface area contributed by atoms with E-state index >= 15 is 0 Å². The maximum Gasteiger partial charge on any atom is 0.152 e. The Labute approximate surface area is 377 Å². The van der Waals surface area contributed by atoms with Crippen LogP contribution in [0.25, 0.3) is 0 Å². The Bertz CT molecular complexity index is 1800. The molecule has 2 saturated carbocycles. The summed E-state index contributed by atoms with van der Waals surface area (Å²) in [6, 6.07) is -1.93. The number of piperidine rings is 6. The number of fused-ring (bicyclic) bond motifs is 6. The molecule has 0 amide bonds. The maximum atomic E-state index is 11.8. The van der Waals surface area contributed by atoms with Crippen molar-refractivity contribution in [1.82, 2.24) is 19.6 Å². The van der Waals surface area contributed by atoms with Gasteiger partial charge in [-0.1, -0.05) is 0 Å². The largest absolute Gasteiger partial charge is 0.391 e. The van der Waals surface area contributed by atoms with Gasteiger partial charge in [-0.05, 0) is 63.2 Å². The van der Waals surface area contributed by atoms with E-state index in [9.17, 15) is 80.5 Å². The van der Waals surface area contributed by atoms with E-state index in [1.165, 1.54) is 0 Å². The molecule has 20 nitrogen and oxygen atoms in total. The Balaban J connectivity index is 0.000000109. The summed E-state index contributed by atoms with van der Waals surface area (Å²) in [7, 11) is 0. The van der Waals surface area contributed by atoms with Crippen LogP contribution in [0.1, 0.15) is 96.3 Å². The predicted molar refractivity (Wildman–Crippen MR) is 223 cm³/mol. The zero-order valence-corrected chi connectivity index (χ0v) is 36.7. The molecule has 10 heterocycles. The molecule has 366 valence electrons. The molecule has 0 spiro atoms. The van der Waals surface area contributed by atoms with E-state index in [1.54, 1.807) is 0 Å². The van der Waals surface area contributed by atoms with Crippen molar-refractivity contribution in [2.24, 2.45) is 11.8 Å². The van der Waals surface area contributed by atoms with Crippen LogP contribution in [-0.2, 0) is 19.2 Å². The second kappa shape index (κ2) is 18.7. The lowest BCUT2D eigenvalue weighted by atomic mass is 9.75. The van der Waals surface area contributed by atoms with Crippen LogP contribution < -0.4 is 0 Å². The third-order valence-electron chi connectivity index (χ3n) is 17.7. The molecule has 0 aromatic rings. The van der Waals surface area contributed by atoms with Gasteiger partial charge in [-0.2, -0.15) is 0 Å². The van der Waals surface area contributed by atoms with E-state index < -0.39 is 91.4 Å². The number of Topliss-reactive ketones (excluding diaryl/α,β-unsaturated/α-hetero) is 4. The van der Waals surface area contributed by atoms with Crippen molar-refractivity contribution >= 4 is 23.1 Å². The Morgan fingerprint density at radius 3 is 1.51 bits per heavy atom. The zero-order valence-electron chi connectivity index (χ0n) is 36.7. The standard InChI is InChI=1S/C12H19NO4.3C11H17NO4/c14-7-2-1-6-3-9(15)11-12(17)10(16)5-13(11)8(6)4-7;13-6-1-5-2-8(14)10-11(16)9(15)4-12(10)7(5)3-6;13-6-3-1-5-2-4-7(14)9-11(16)10(15)8(6)12(5)9;13-6-3-5-1-2-8(14)9-11(16)10(15)7(4-6)12(5)9/h6,8-12,15-17H,1-5H2;5,7-11,14-16H,1-4H2;5-6,8-11,13,15-16H,1-4H2;5,7-11,14-16H,1-4H2/t6?,8?,9-,10-,11-,12-;5?,7?,8-,9-,10-,11-;5?,6-,8-,9?,10+,11-;5?,7?,8-,9-,10-,11+/m1111/s1. The van der Waals surface area contributed by atoms with Gasteiger partial charge < -0.3 is 61.3 Å². The van der Waals surface area contributed by atoms with Crippen LogP contribution in [0, 0.1) is 11.8 Å². The first kappa shape index (κ1) is 48.1. The molecule has 8 unspecified atom stereocenters. The number of rotatable bonds is 0. The van der Waals surface area contributed by atoms with Crippen LogP contribution in [0.4, 0.5) is 0 Å². The van der Waals surface area contributed by atoms with Crippen molar-refractivity contribution in [2.45, 2.75) is 230 Å². The smallest absolute Gasteiger partial charge is 0.152 e. The van der Waals surface area contributed by atoms with Gasteiger partial charge in [0.1, 0.15) is 23.5 Å². The maximum absolute atomic E-state index is 11.8. The van der Waals surface area contributed by atoms with E-state index in [4.69, 9.17) is 0 Å². The third kappa shape index (κ3) is 8.52. The van der Waals surface area contributed by atoms with Crippen molar-refractivity contribution < 1.29 is 80.5 Å². The first-order chi connectivity index (χ1) is 30.9. The first-order valence-corrected chi connectivity index (χ1v) is 24.2. The van der Waals surface area contributed by atoms with E-state index in [-0.39, 0.29) is 71.3 Å². The number of ketones is 4. The topological polar surface area (TPSA) is 324 Å². The zero-order chi connectivity index (χ0) is 46.5. The summed E-state index contributed by atoms with van der Waals surface area (Å²) in [6.07, 6.45) is -0.479. The van der Waals surface area contributed by atoms with Gasteiger partial charge in [-0.15, -0.1) is 0 Å². The summed E-state index contributed by atoms with van der Waals surface area (Å²) in [4.78, 5) is 54.1. The van der Waals surface area contributed by atoms with Gasteiger partial charge in [-0.3, -0.25) is 38.8 Å². The van der Waals surface area contributed by atoms with Crippen LogP contribution >= 0.6 is 0 Å². The number of nitrogens with zero attached hydrogens (tertiary/aromatic N) is 4. The highest BCUT2D eigenvalue weighted by molar-refractivity contribution is 5.86. The summed E-state index contributed by atoms with van der Waals surface area (Å²) >= 11 is 0. The molecule has 0 aromatic carbocycles. The van der Waals surface area contributed by atoms with Gasteiger partial charge in [0.05, 0.1) is 97.4 Å². The summed E-state index contributed by atoms with van der Waals surface area (Å²) in [5.74, 6) is 1.19. The van der Waals surface area contributed by atoms with Crippen molar-refractivity contribution in [3.8, 4) is 0 Å². The number of carbonyl (C=O) groups is 4. The Hall–Kier alpha value is -1.96. The molecule has 12 fully saturated rings. The first-order valence-electron chi connectivity index (χ1n) is 24.2. The monoisotopic (exact) mass is 922 g/mol. The van der Waals surface area contributed by atoms with E-state index in [2.05, 4.69) is 0 Å². The fraction of sp³-hybridized carbons (Fsp3) is 0.911. The van der Waals surface area contributed by atoms with Crippen LogP contribution in [0.5, 0.6) is 0 Å². The van der Waals surface area contributed by atoms with Crippen molar-refractivity contribution in [3.63, 3.8) is 0 Å². The van der Waals surface area contributed by atoms with Crippen molar-refractivity contribution in [1.29, 1.82) is 0 Å². The summed E-state index contributed by atoms with van der Waals surface area (Å²) in [6.45, 7) is 0.745. The molecule has 24 atom stereocenters.